The molecule has 4 aromatic carbocycles. The molecule has 0 spiro atoms. The molecule has 0 saturated heterocycles. The van der Waals surface area contributed by atoms with Crippen molar-refractivity contribution in [1.29, 1.82) is 0 Å². The van der Waals surface area contributed by atoms with Crippen molar-refractivity contribution in [2.24, 2.45) is 30.7 Å². The first-order chi connectivity index (χ1) is 19.8. The van der Waals surface area contributed by atoms with Crippen LogP contribution < -0.4 is 41.0 Å². The molecule has 4 aromatic rings. The molecule has 214 valence electrons. The van der Waals surface area contributed by atoms with Gasteiger partial charge in [-0.15, -0.1) is 10.2 Å². The number of aryl methyl sites for hydroxylation is 1. The van der Waals surface area contributed by atoms with Crippen molar-refractivity contribution in [3.8, 4) is 5.75 Å². The van der Waals surface area contributed by atoms with E-state index in [0.29, 0.717) is 28.4 Å². The van der Waals surface area contributed by atoms with E-state index >= 15 is 0 Å². The van der Waals surface area contributed by atoms with Crippen LogP contribution in [0.2, 0.25) is 0 Å². The average Bonchev–Trinajstić information content (AvgIpc) is 2.93. The van der Waals surface area contributed by atoms with E-state index in [9.17, 15) is 22.9 Å². The van der Waals surface area contributed by atoms with Gasteiger partial charge in [-0.05, 0) is 91.7 Å². The Labute approximate surface area is 268 Å². The molecule has 43 heavy (non-hydrogen) atoms. The number of anilines is 2. The summed E-state index contributed by atoms with van der Waals surface area (Å²) in [7, 11) is -4.72. The number of aromatic carboxylic acids is 1. The Morgan fingerprint density at radius 1 is 0.698 bits per heavy atom. The molecule has 0 saturated carbocycles. The molecule has 0 aromatic heterocycles. The number of carbonyl (C=O) groups is 1. The van der Waals surface area contributed by atoms with Gasteiger partial charge in [0, 0.05) is 5.69 Å². The molecule has 0 fully saturated rings. The van der Waals surface area contributed by atoms with Crippen molar-refractivity contribution in [1.82, 2.24) is 0 Å². The molecular formula is C27H24N8NaO6S+. The molecule has 16 heteroatoms. The van der Waals surface area contributed by atoms with E-state index in [1.165, 1.54) is 37.3 Å². The Morgan fingerprint density at radius 2 is 1.21 bits per heavy atom. The van der Waals surface area contributed by atoms with Gasteiger partial charge in [0.25, 0.3) is 10.1 Å². The number of hydrogen-bond donors (Lipinski definition) is 5. The molecule has 0 aliphatic carbocycles. The third-order valence-electron chi connectivity index (χ3n) is 5.91. The average molecular weight is 612 g/mol. The van der Waals surface area contributed by atoms with Crippen LogP contribution in [0.4, 0.5) is 45.5 Å². The zero-order valence-corrected chi connectivity index (χ0v) is 26.0. The molecule has 0 atom stereocenters. The molecule has 0 radical (unpaired) electrons. The number of rotatable bonds is 8. The largest absolute Gasteiger partial charge is 1.00 e. The van der Waals surface area contributed by atoms with Crippen molar-refractivity contribution in [3.63, 3.8) is 0 Å². The van der Waals surface area contributed by atoms with E-state index < -0.39 is 21.0 Å². The van der Waals surface area contributed by atoms with E-state index in [1.54, 1.807) is 43.3 Å². The second-order valence-electron chi connectivity index (χ2n) is 8.92. The van der Waals surface area contributed by atoms with Crippen molar-refractivity contribution in [3.05, 3.63) is 83.4 Å². The number of nitrogens with zero attached hydrogens (tertiary/aromatic N) is 6. The molecule has 0 amide bonds. The standard InChI is InChI=1S/C27H24N8O6S.Na/c1-14-11-24(21(29)13-20(14)28)35-33-22-8-9-23(26(15(22)2)42(39,40)41)34-31-17-5-3-16(4-6-17)30-32-18-7-10-25(36)19(12-18)27(37)38;/h3-13,36H,28-29H2,1-2H3,(H,37,38)(H,39,40,41);/q;+1. The third-order valence-corrected chi connectivity index (χ3v) is 6.94. The van der Waals surface area contributed by atoms with Crippen LogP contribution in [0.3, 0.4) is 0 Å². The summed E-state index contributed by atoms with van der Waals surface area (Å²) in [5.74, 6) is -1.69. The minimum absolute atomic E-state index is 0. The predicted octanol–water partition coefficient (Wildman–Crippen LogP) is 4.37. The Hall–Kier alpha value is -4.54. The first-order valence-corrected chi connectivity index (χ1v) is 13.5. The molecule has 4 rings (SSSR count). The van der Waals surface area contributed by atoms with E-state index in [2.05, 4.69) is 30.7 Å². The summed E-state index contributed by atoms with van der Waals surface area (Å²) >= 11 is 0. The smallest absolute Gasteiger partial charge is 0.507 e. The summed E-state index contributed by atoms with van der Waals surface area (Å²) < 4.78 is 34.4. The molecule has 7 N–H and O–H groups in total. The van der Waals surface area contributed by atoms with Gasteiger partial charge < -0.3 is 21.7 Å². The molecule has 0 unspecified atom stereocenters. The van der Waals surface area contributed by atoms with Crippen molar-refractivity contribution in [2.75, 3.05) is 11.5 Å². The number of hydrogen-bond acceptors (Lipinski definition) is 12. The van der Waals surface area contributed by atoms with Gasteiger partial charge in [-0.3, -0.25) is 4.55 Å². The van der Waals surface area contributed by atoms with Crippen LogP contribution in [0.1, 0.15) is 21.5 Å². The SMILES string of the molecule is Cc1cc(N=Nc2ccc(N=Nc3ccc(N=Nc4ccc(O)c(C(=O)O)c4)cc3)c(S(=O)(=O)O)c2C)c(N)cc1N.[Na+]. The summed E-state index contributed by atoms with van der Waals surface area (Å²) in [6, 6.07) is 16.0. The van der Waals surface area contributed by atoms with Crippen molar-refractivity contribution in [2.45, 2.75) is 18.7 Å². The Bertz CT molecular complexity index is 1890. The number of benzene rings is 4. The van der Waals surface area contributed by atoms with Gasteiger partial charge in [-0.2, -0.15) is 28.9 Å². The molecule has 14 nitrogen and oxygen atoms in total. The van der Waals surface area contributed by atoms with E-state index in [0.717, 1.165) is 5.56 Å². The molecule has 0 bridgehead atoms. The van der Waals surface area contributed by atoms with Crippen LogP contribution in [0, 0.1) is 13.8 Å². The topological polar surface area (TPSA) is 238 Å². The van der Waals surface area contributed by atoms with Crippen LogP contribution in [0.5, 0.6) is 5.75 Å². The fourth-order valence-corrected chi connectivity index (χ4v) is 4.54. The number of nitrogen functional groups attached to an aromatic ring is 2. The van der Waals surface area contributed by atoms with Crippen molar-refractivity contribution < 1.29 is 57.5 Å². The quantitative estimate of drug-likeness (QED) is 0.0827. The molecular weight excluding hydrogens is 587 g/mol. The predicted molar refractivity (Wildman–Crippen MR) is 155 cm³/mol. The number of aromatic hydroxyl groups is 1. The van der Waals surface area contributed by atoms with Gasteiger partial charge >= 0.3 is 35.5 Å². The number of carboxylic acid groups (broad SMARTS) is 1. The Kier molecular flexibility index (Phi) is 10.4. The van der Waals surface area contributed by atoms with Gasteiger partial charge in [0.1, 0.15) is 27.6 Å². The van der Waals surface area contributed by atoms with Crippen LogP contribution >= 0.6 is 0 Å². The second kappa shape index (κ2) is 13.6. The summed E-state index contributed by atoms with van der Waals surface area (Å²) in [6.45, 7) is 3.23. The molecule has 0 aliphatic heterocycles. The first-order valence-electron chi connectivity index (χ1n) is 12.0. The van der Waals surface area contributed by atoms with Gasteiger partial charge in [0.05, 0.1) is 28.4 Å². The van der Waals surface area contributed by atoms with Gasteiger partial charge in [0.15, 0.2) is 0 Å². The van der Waals surface area contributed by atoms with Gasteiger partial charge in [-0.1, -0.05) is 0 Å². The van der Waals surface area contributed by atoms with Crippen LogP contribution in [0.15, 0.2) is 102 Å². The number of azo groups is 3. The van der Waals surface area contributed by atoms with Gasteiger partial charge in [0.2, 0.25) is 0 Å². The monoisotopic (exact) mass is 611 g/mol. The third kappa shape index (κ3) is 8.06. The zero-order valence-electron chi connectivity index (χ0n) is 23.2. The normalized spacial score (nSPS) is 11.8. The summed E-state index contributed by atoms with van der Waals surface area (Å²) in [5.41, 5.74) is 14.4. The van der Waals surface area contributed by atoms with E-state index in [-0.39, 0.29) is 63.5 Å². The molecule has 0 heterocycles. The Balaban J connectivity index is 0.00000506. The maximum Gasteiger partial charge on any atom is 1.00 e. The summed E-state index contributed by atoms with van der Waals surface area (Å²) in [4.78, 5) is 10.7. The number of phenols is 1. The van der Waals surface area contributed by atoms with Crippen LogP contribution in [-0.2, 0) is 10.1 Å². The maximum absolute atomic E-state index is 12.2. The summed E-state index contributed by atoms with van der Waals surface area (Å²) in [5, 5.41) is 42.9. The fraction of sp³-hybridized carbons (Fsp3) is 0.0741. The van der Waals surface area contributed by atoms with Crippen molar-refractivity contribution >= 4 is 61.6 Å². The summed E-state index contributed by atoms with van der Waals surface area (Å²) in [6.07, 6.45) is 0. The second-order valence-corrected chi connectivity index (χ2v) is 10.3. The minimum Gasteiger partial charge on any atom is -0.507 e. The zero-order chi connectivity index (χ0) is 30.6. The fourth-order valence-electron chi connectivity index (χ4n) is 3.67. The minimum atomic E-state index is -4.72. The first kappa shape index (κ1) is 33.0. The Morgan fingerprint density at radius 3 is 1.81 bits per heavy atom. The van der Waals surface area contributed by atoms with Gasteiger partial charge in [-0.25, -0.2) is 4.79 Å². The number of nitrogens with two attached hydrogens (primary N) is 2. The molecule has 0 aliphatic rings. The van der Waals surface area contributed by atoms with E-state index in [4.69, 9.17) is 16.6 Å². The number of carboxylic acids is 1. The van der Waals surface area contributed by atoms with Crippen LogP contribution in [-0.4, -0.2) is 29.2 Å². The van der Waals surface area contributed by atoms with E-state index in [1.807, 2.05) is 0 Å². The maximum atomic E-state index is 12.2. The van der Waals surface area contributed by atoms with Crippen LogP contribution in [0.25, 0.3) is 0 Å².